The van der Waals surface area contributed by atoms with Gasteiger partial charge >= 0.3 is 0 Å². The van der Waals surface area contributed by atoms with Gasteiger partial charge in [-0.1, -0.05) is 11.6 Å². The highest BCUT2D eigenvalue weighted by Crippen LogP contribution is 2.30. The van der Waals surface area contributed by atoms with Crippen molar-refractivity contribution in [3.63, 3.8) is 0 Å². The Morgan fingerprint density at radius 3 is 1.89 bits per heavy atom. The van der Waals surface area contributed by atoms with E-state index in [1.807, 2.05) is 0 Å². The van der Waals surface area contributed by atoms with Crippen molar-refractivity contribution < 1.29 is 21.2 Å². The Kier molecular flexibility index (Phi) is 8.51. The minimum atomic E-state index is -3.44. The maximum absolute atomic E-state index is 13.6. The molecular formula is C29H27ClFN7O4S2. The smallest absolute Gasteiger partial charge is 0.180 e. The SMILES string of the molecule is CC(C)S(=O)(=O)c1ccc2ncnc(Cl)c2c1.CC(C)S(=O)(=O)c1ccc2ncnc(Nc3n[nH]c4ccc(F)cc34)c2c1. The van der Waals surface area contributed by atoms with Gasteiger partial charge in [0.2, 0.25) is 0 Å². The summed E-state index contributed by atoms with van der Waals surface area (Å²) in [5.74, 6) is 0.393. The van der Waals surface area contributed by atoms with Crippen LogP contribution in [-0.4, -0.2) is 57.5 Å². The minimum Gasteiger partial charge on any atom is -0.322 e. The topological polar surface area (TPSA) is 161 Å². The lowest BCUT2D eigenvalue weighted by Gasteiger charge is -2.10. The van der Waals surface area contributed by atoms with Crippen LogP contribution in [0.4, 0.5) is 16.0 Å². The number of aromatic amines is 1. The average Bonchev–Trinajstić information content (AvgIpc) is 3.38. The van der Waals surface area contributed by atoms with Gasteiger partial charge in [0.15, 0.2) is 25.5 Å². The Labute approximate surface area is 257 Å². The molecule has 6 aromatic rings. The van der Waals surface area contributed by atoms with E-state index in [0.29, 0.717) is 44.3 Å². The van der Waals surface area contributed by atoms with Crippen LogP contribution in [0.1, 0.15) is 27.7 Å². The Bertz CT molecular complexity index is 2240. The molecule has 44 heavy (non-hydrogen) atoms. The molecule has 0 amide bonds. The molecule has 0 unspecified atom stereocenters. The van der Waals surface area contributed by atoms with Gasteiger partial charge in [0.05, 0.1) is 36.8 Å². The van der Waals surface area contributed by atoms with Crippen molar-refractivity contribution in [2.24, 2.45) is 0 Å². The quantitative estimate of drug-likeness (QED) is 0.203. The van der Waals surface area contributed by atoms with Gasteiger partial charge < -0.3 is 5.32 Å². The fraction of sp³-hybridized carbons (Fsp3) is 0.207. The first-order valence-corrected chi connectivity index (χ1v) is 16.8. The number of nitrogens with one attached hydrogen (secondary N) is 2. The molecule has 0 radical (unpaired) electrons. The number of halogens is 2. The summed E-state index contributed by atoms with van der Waals surface area (Å²) in [5, 5.41) is 10.9. The van der Waals surface area contributed by atoms with Crippen LogP contribution in [0.15, 0.2) is 77.0 Å². The van der Waals surface area contributed by atoms with E-state index in [-0.39, 0.29) is 20.8 Å². The van der Waals surface area contributed by atoms with Crippen LogP contribution in [0.3, 0.4) is 0 Å². The maximum Gasteiger partial charge on any atom is 0.180 e. The van der Waals surface area contributed by atoms with E-state index in [2.05, 4.69) is 35.5 Å². The maximum atomic E-state index is 13.6. The second-order valence-corrected chi connectivity index (χ2v) is 15.7. The molecule has 0 atom stereocenters. The zero-order valence-electron chi connectivity index (χ0n) is 23.9. The second kappa shape index (κ2) is 12.0. The number of aromatic nitrogens is 6. The molecule has 11 nitrogen and oxygen atoms in total. The summed E-state index contributed by atoms with van der Waals surface area (Å²) in [5.41, 5.74) is 1.88. The van der Waals surface area contributed by atoms with Crippen LogP contribution in [0.5, 0.6) is 0 Å². The summed E-state index contributed by atoms with van der Waals surface area (Å²) >= 11 is 5.91. The van der Waals surface area contributed by atoms with E-state index in [1.165, 1.54) is 36.9 Å². The number of hydrogen-bond donors (Lipinski definition) is 2. The molecule has 3 heterocycles. The van der Waals surface area contributed by atoms with Gasteiger partial charge in [-0.2, -0.15) is 5.10 Å². The van der Waals surface area contributed by atoms with Gasteiger partial charge in [-0.3, -0.25) is 5.10 Å². The molecule has 3 aromatic carbocycles. The van der Waals surface area contributed by atoms with Gasteiger partial charge in [0.25, 0.3) is 0 Å². The number of fused-ring (bicyclic) bond motifs is 3. The van der Waals surface area contributed by atoms with Crippen molar-refractivity contribution in [2.75, 3.05) is 5.32 Å². The van der Waals surface area contributed by atoms with Gasteiger partial charge in [-0.25, -0.2) is 41.2 Å². The zero-order chi connectivity index (χ0) is 31.8. The Balaban J connectivity index is 0.000000195. The van der Waals surface area contributed by atoms with Crippen molar-refractivity contribution in [2.45, 2.75) is 48.0 Å². The summed E-state index contributed by atoms with van der Waals surface area (Å²) in [6, 6.07) is 13.7. The van der Waals surface area contributed by atoms with E-state index in [0.717, 1.165) is 0 Å². The fourth-order valence-electron chi connectivity index (χ4n) is 4.23. The molecule has 0 aliphatic carbocycles. The Morgan fingerprint density at radius 1 is 0.705 bits per heavy atom. The monoisotopic (exact) mass is 655 g/mol. The third-order valence-electron chi connectivity index (χ3n) is 6.82. The number of anilines is 2. The van der Waals surface area contributed by atoms with Crippen molar-refractivity contribution >= 4 is 75.6 Å². The number of benzene rings is 3. The number of nitrogens with zero attached hydrogens (tertiary/aromatic N) is 5. The van der Waals surface area contributed by atoms with Gasteiger partial charge in [-0.05, 0) is 82.3 Å². The first-order valence-electron chi connectivity index (χ1n) is 13.3. The van der Waals surface area contributed by atoms with E-state index in [1.54, 1.807) is 58.0 Å². The Hall–Kier alpha value is -4.27. The highest BCUT2D eigenvalue weighted by Gasteiger charge is 2.21. The molecule has 0 saturated carbocycles. The van der Waals surface area contributed by atoms with E-state index >= 15 is 0 Å². The van der Waals surface area contributed by atoms with Crippen LogP contribution >= 0.6 is 11.6 Å². The van der Waals surface area contributed by atoms with E-state index < -0.39 is 30.2 Å². The van der Waals surface area contributed by atoms with Gasteiger partial charge in [0.1, 0.15) is 29.4 Å². The molecule has 3 aromatic heterocycles. The summed E-state index contributed by atoms with van der Waals surface area (Å²) in [7, 11) is -6.74. The zero-order valence-corrected chi connectivity index (χ0v) is 26.3. The first kappa shape index (κ1) is 31.2. The van der Waals surface area contributed by atoms with E-state index in [4.69, 9.17) is 11.6 Å². The molecule has 2 N–H and O–H groups in total. The van der Waals surface area contributed by atoms with Crippen molar-refractivity contribution in [1.82, 2.24) is 30.1 Å². The predicted molar refractivity (Wildman–Crippen MR) is 168 cm³/mol. The highest BCUT2D eigenvalue weighted by atomic mass is 35.5. The molecule has 15 heteroatoms. The third kappa shape index (κ3) is 6.05. The molecule has 6 rings (SSSR count). The van der Waals surface area contributed by atoms with Crippen LogP contribution in [0, 0.1) is 5.82 Å². The van der Waals surface area contributed by atoms with Crippen molar-refractivity contribution in [1.29, 1.82) is 0 Å². The number of H-pyrrole nitrogens is 1. The summed E-state index contributed by atoms with van der Waals surface area (Å²) < 4.78 is 62.6. The van der Waals surface area contributed by atoms with Gasteiger partial charge in [-0.15, -0.1) is 0 Å². The number of rotatable bonds is 6. The molecular weight excluding hydrogens is 629 g/mol. The lowest BCUT2D eigenvalue weighted by atomic mass is 10.2. The summed E-state index contributed by atoms with van der Waals surface area (Å²) in [4.78, 5) is 16.7. The van der Waals surface area contributed by atoms with E-state index in [9.17, 15) is 21.2 Å². The molecule has 0 spiro atoms. The largest absolute Gasteiger partial charge is 0.322 e. The van der Waals surface area contributed by atoms with Crippen LogP contribution < -0.4 is 5.32 Å². The average molecular weight is 656 g/mol. The molecule has 0 aliphatic rings. The standard InChI is InChI=1S/C18H16FN5O2S.C11H11ClN2O2S/c1-10(2)27(25,26)12-4-6-15-14(8-12)17(21-9-20-15)22-18-13-7-11(19)3-5-16(13)23-24-18;1-7(2)17(15,16)8-3-4-10-9(5-8)11(12)14-6-13-10/h3-10H,1-2H3,(H2,20,21,22,23,24);3-7H,1-2H3. The van der Waals surface area contributed by atoms with Crippen molar-refractivity contribution in [3.8, 4) is 0 Å². The van der Waals surface area contributed by atoms with Gasteiger partial charge in [0, 0.05) is 16.2 Å². The summed E-state index contributed by atoms with van der Waals surface area (Å²) in [6.07, 6.45) is 2.72. The Morgan fingerprint density at radius 2 is 1.27 bits per heavy atom. The van der Waals surface area contributed by atoms with Crippen molar-refractivity contribution in [3.05, 3.63) is 78.2 Å². The molecule has 0 aliphatic heterocycles. The normalized spacial score (nSPS) is 12.2. The highest BCUT2D eigenvalue weighted by molar-refractivity contribution is 7.92. The third-order valence-corrected chi connectivity index (χ3v) is 11.4. The number of sulfone groups is 2. The van der Waals surface area contributed by atoms with Crippen LogP contribution in [-0.2, 0) is 19.7 Å². The second-order valence-electron chi connectivity index (χ2n) is 10.3. The lowest BCUT2D eigenvalue weighted by molar-refractivity contribution is 0.586. The molecule has 228 valence electrons. The summed E-state index contributed by atoms with van der Waals surface area (Å²) in [6.45, 7) is 6.54. The molecule has 0 fully saturated rings. The minimum absolute atomic E-state index is 0.195. The van der Waals surface area contributed by atoms with Crippen LogP contribution in [0.2, 0.25) is 5.15 Å². The molecule has 0 bridgehead atoms. The predicted octanol–water partition coefficient (Wildman–Crippen LogP) is 6.04. The first-order chi connectivity index (χ1) is 20.8. The molecule has 0 saturated heterocycles. The van der Waals surface area contributed by atoms with Crippen LogP contribution in [0.25, 0.3) is 32.7 Å². The number of hydrogen-bond acceptors (Lipinski definition) is 10. The fourth-order valence-corrected chi connectivity index (χ4v) is 6.59. The lowest BCUT2D eigenvalue weighted by Crippen LogP contribution is -2.14.